The topological polar surface area (TPSA) is 76.1 Å². The number of aromatic nitrogens is 2. The lowest BCUT2D eigenvalue weighted by Gasteiger charge is -2.12. The molecule has 0 fully saturated rings. The number of nitrogens with zero attached hydrogens (tertiary/aromatic N) is 2. The third-order valence-corrected chi connectivity index (χ3v) is 4.03. The van der Waals surface area contributed by atoms with Crippen molar-refractivity contribution in [2.75, 3.05) is 17.2 Å². The number of carbonyl (C=O) groups is 1. The molecule has 0 aliphatic carbocycles. The number of carbonyl (C=O) groups excluding carboxylic acids is 1. The molecule has 29 heavy (non-hydrogen) atoms. The molecule has 0 saturated heterocycles. The molecule has 3 aromatic rings. The Labute approximate surface area is 171 Å². The molecule has 0 saturated carbocycles. The normalized spacial score (nSPS) is 10.6. The zero-order valence-electron chi connectivity index (χ0n) is 17.0. The van der Waals surface area contributed by atoms with E-state index in [4.69, 9.17) is 4.74 Å². The Morgan fingerprint density at radius 1 is 1.03 bits per heavy atom. The molecular weight excluding hydrogens is 364 g/mol. The molecule has 0 aliphatic heterocycles. The van der Waals surface area contributed by atoms with Crippen molar-refractivity contribution >= 4 is 17.4 Å². The summed E-state index contributed by atoms with van der Waals surface area (Å²) in [6.45, 7) is 6.79. The lowest BCUT2D eigenvalue weighted by molar-refractivity contribution is 0.102. The summed E-state index contributed by atoms with van der Waals surface area (Å²) >= 11 is 0. The molecule has 0 unspecified atom stereocenters. The summed E-state index contributed by atoms with van der Waals surface area (Å²) in [5.41, 5.74) is 1.84. The van der Waals surface area contributed by atoms with Crippen LogP contribution in [0.25, 0.3) is 11.4 Å². The molecule has 2 aromatic carbocycles. The summed E-state index contributed by atoms with van der Waals surface area (Å²) in [5, 5.41) is 6.13. The number of benzene rings is 2. The highest BCUT2D eigenvalue weighted by Crippen LogP contribution is 2.20. The van der Waals surface area contributed by atoms with Gasteiger partial charge in [-0.05, 0) is 44.5 Å². The molecule has 150 valence electrons. The fraction of sp³-hybridized carbons (Fsp3) is 0.261. The van der Waals surface area contributed by atoms with E-state index in [0.29, 0.717) is 23.0 Å². The van der Waals surface area contributed by atoms with E-state index >= 15 is 0 Å². The molecule has 1 amide bonds. The molecule has 0 bridgehead atoms. The van der Waals surface area contributed by atoms with Gasteiger partial charge < -0.3 is 15.4 Å². The molecule has 6 heteroatoms. The van der Waals surface area contributed by atoms with Crippen LogP contribution >= 0.6 is 0 Å². The predicted molar refractivity (Wildman–Crippen MR) is 116 cm³/mol. The second-order valence-corrected chi connectivity index (χ2v) is 6.90. The number of hydrogen-bond donors (Lipinski definition) is 2. The summed E-state index contributed by atoms with van der Waals surface area (Å²) in [5.74, 6) is 1.61. The van der Waals surface area contributed by atoms with Crippen molar-refractivity contribution in [2.24, 2.45) is 0 Å². The van der Waals surface area contributed by atoms with Gasteiger partial charge in [0.1, 0.15) is 17.3 Å². The number of anilines is 2. The van der Waals surface area contributed by atoms with Crippen LogP contribution in [0.15, 0.2) is 60.7 Å². The Hall–Kier alpha value is -3.41. The first-order valence-electron chi connectivity index (χ1n) is 9.81. The van der Waals surface area contributed by atoms with Gasteiger partial charge in [-0.25, -0.2) is 9.97 Å². The Kier molecular flexibility index (Phi) is 6.79. The van der Waals surface area contributed by atoms with Crippen LogP contribution in [0.4, 0.5) is 11.5 Å². The van der Waals surface area contributed by atoms with Crippen molar-refractivity contribution in [3.63, 3.8) is 0 Å². The van der Waals surface area contributed by atoms with Gasteiger partial charge in [0, 0.05) is 23.9 Å². The Morgan fingerprint density at radius 3 is 2.41 bits per heavy atom. The highest BCUT2D eigenvalue weighted by molar-refractivity contribution is 6.03. The zero-order chi connectivity index (χ0) is 20.6. The smallest absolute Gasteiger partial charge is 0.274 e. The minimum atomic E-state index is -0.290. The molecular formula is C23H26N4O2. The number of nitrogens with one attached hydrogen (secondary N) is 2. The fourth-order valence-corrected chi connectivity index (χ4v) is 2.71. The van der Waals surface area contributed by atoms with Gasteiger partial charge in [-0.3, -0.25) is 4.79 Å². The first-order valence-corrected chi connectivity index (χ1v) is 9.81. The highest BCUT2D eigenvalue weighted by Gasteiger charge is 2.13. The molecule has 0 radical (unpaired) electrons. The van der Waals surface area contributed by atoms with Crippen molar-refractivity contribution in [2.45, 2.75) is 33.3 Å². The number of hydrogen-bond acceptors (Lipinski definition) is 5. The van der Waals surface area contributed by atoms with Crippen LogP contribution < -0.4 is 15.4 Å². The van der Waals surface area contributed by atoms with Gasteiger partial charge >= 0.3 is 0 Å². The van der Waals surface area contributed by atoms with E-state index in [1.807, 2.05) is 68.4 Å². The molecule has 3 rings (SSSR count). The molecule has 1 heterocycles. The van der Waals surface area contributed by atoms with Gasteiger partial charge in [0.05, 0.1) is 6.10 Å². The molecule has 2 N–H and O–H groups in total. The van der Waals surface area contributed by atoms with Gasteiger partial charge in [-0.15, -0.1) is 0 Å². The van der Waals surface area contributed by atoms with Crippen molar-refractivity contribution in [3.05, 3.63) is 66.4 Å². The van der Waals surface area contributed by atoms with E-state index < -0.39 is 0 Å². The van der Waals surface area contributed by atoms with Crippen molar-refractivity contribution in [1.29, 1.82) is 0 Å². The van der Waals surface area contributed by atoms with E-state index in [0.717, 1.165) is 24.3 Å². The second kappa shape index (κ2) is 9.68. The summed E-state index contributed by atoms with van der Waals surface area (Å²) < 4.78 is 5.64. The van der Waals surface area contributed by atoms with Gasteiger partial charge in [-0.1, -0.05) is 37.3 Å². The van der Waals surface area contributed by atoms with Crippen LogP contribution in [0.5, 0.6) is 5.75 Å². The minimum absolute atomic E-state index is 0.0990. The van der Waals surface area contributed by atoms with Gasteiger partial charge in [0.2, 0.25) is 0 Å². The molecule has 0 atom stereocenters. The molecule has 0 aliphatic rings. The van der Waals surface area contributed by atoms with Crippen LogP contribution in [-0.4, -0.2) is 28.5 Å². The molecule has 1 aromatic heterocycles. The SMILES string of the molecule is CCCNc1cc(C(=O)Nc2ccc(OC(C)C)cc2)nc(-c2ccccc2)n1. The lowest BCUT2D eigenvalue weighted by Crippen LogP contribution is -2.16. The first kappa shape index (κ1) is 20.3. The van der Waals surface area contributed by atoms with Gasteiger partial charge in [0.15, 0.2) is 5.82 Å². The van der Waals surface area contributed by atoms with Crippen molar-refractivity contribution in [1.82, 2.24) is 9.97 Å². The third kappa shape index (κ3) is 5.78. The summed E-state index contributed by atoms with van der Waals surface area (Å²) in [4.78, 5) is 21.9. The maximum absolute atomic E-state index is 12.8. The second-order valence-electron chi connectivity index (χ2n) is 6.90. The first-order chi connectivity index (χ1) is 14.0. The summed E-state index contributed by atoms with van der Waals surface area (Å²) in [6, 6.07) is 18.6. The fourth-order valence-electron chi connectivity index (χ4n) is 2.71. The van der Waals surface area contributed by atoms with E-state index in [1.165, 1.54) is 0 Å². The number of rotatable bonds is 8. The van der Waals surface area contributed by atoms with E-state index in [1.54, 1.807) is 6.07 Å². The quantitative estimate of drug-likeness (QED) is 0.566. The van der Waals surface area contributed by atoms with Crippen molar-refractivity contribution in [3.8, 4) is 17.1 Å². The molecule has 0 spiro atoms. The number of amides is 1. The summed E-state index contributed by atoms with van der Waals surface area (Å²) in [7, 11) is 0. The highest BCUT2D eigenvalue weighted by atomic mass is 16.5. The minimum Gasteiger partial charge on any atom is -0.491 e. The van der Waals surface area contributed by atoms with Crippen LogP contribution in [0.3, 0.4) is 0 Å². The standard InChI is InChI=1S/C23H26N4O2/c1-4-14-24-21-15-20(26-22(27-21)17-8-6-5-7-9-17)23(28)25-18-10-12-19(13-11-18)29-16(2)3/h5-13,15-16H,4,14H2,1-3H3,(H,25,28)(H,24,26,27). The predicted octanol–water partition coefficient (Wildman–Crippen LogP) is 5.01. The maximum Gasteiger partial charge on any atom is 0.274 e. The van der Waals surface area contributed by atoms with E-state index in [-0.39, 0.29) is 12.0 Å². The van der Waals surface area contributed by atoms with Gasteiger partial charge in [0.25, 0.3) is 5.91 Å². The van der Waals surface area contributed by atoms with Crippen LogP contribution in [0, 0.1) is 0 Å². The van der Waals surface area contributed by atoms with Crippen LogP contribution in [0.2, 0.25) is 0 Å². The van der Waals surface area contributed by atoms with Gasteiger partial charge in [-0.2, -0.15) is 0 Å². The van der Waals surface area contributed by atoms with Crippen LogP contribution in [0.1, 0.15) is 37.7 Å². The summed E-state index contributed by atoms with van der Waals surface area (Å²) in [6.07, 6.45) is 1.05. The lowest BCUT2D eigenvalue weighted by atomic mass is 10.2. The zero-order valence-corrected chi connectivity index (χ0v) is 17.0. The third-order valence-electron chi connectivity index (χ3n) is 4.03. The van der Waals surface area contributed by atoms with Crippen molar-refractivity contribution < 1.29 is 9.53 Å². The average molecular weight is 390 g/mol. The van der Waals surface area contributed by atoms with E-state index in [9.17, 15) is 4.79 Å². The van der Waals surface area contributed by atoms with E-state index in [2.05, 4.69) is 27.5 Å². The Balaban J connectivity index is 1.83. The largest absolute Gasteiger partial charge is 0.491 e. The average Bonchev–Trinajstić information content (AvgIpc) is 2.73. The maximum atomic E-state index is 12.8. The number of ether oxygens (including phenoxy) is 1. The molecule has 6 nitrogen and oxygen atoms in total. The van der Waals surface area contributed by atoms with Crippen LogP contribution in [-0.2, 0) is 0 Å². The Bertz CT molecular complexity index is 941. The Morgan fingerprint density at radius 2 is 1.76 bits per heavy atom. The monoisotopic (exact) mass is 390 g/mol.